The lowest BCUT2D eigenvalue weighted by Gasteiger charge is -2.11. The first-order chi connectivity index (χ1) is 10.5. The van der Waals surface area contributed by atoms with Crippen LogP contribution in [0.15, 0.2) is 23.6 Å². The molecule has 0 unspecified atom stereocenters. The van der Waals surface area contributed by atoms with Gasteiger partial charge in [0, 0.05) is 11.4 Å². The number of aromatic nitrogens is 1. The zero-order valence-electron chi connectivity index (χ0n) is 12.3. The van der Waals surface area contributed by atoms with E-state index >= 15 is 0 Å². The van der Waals surface area contributed by atoms with Gasteiger partial charge in [-0.05, 0) is 19.1 Å². The topological polar surface area (TPSA) is 89.5 Å². The molecule has 0 fully saturated rings. The predicted molar refractivity (Wildman–Crippen MR) is 83.7 cm³/mol. The van der Waals surface area contributed by atoms with Crippen LogP contribution in [-0.2, 0) is 9.59 Å². The number of amides is 2. The van der Waals surface area contributed by atoms with E-state index in [2.05, 4.69) is 15.6 Å². The summed E-state index contributed by atoms with van der Waals surface area (Å²) in [5.74, 6) is -0.633. The third-order valence-electron chi connectivity index (χ3n) is 2.70. The van der Waals surface area contributed by atoms with Crippen LogP contribution >= 0.6 is 11.3 Å². The fraction of sp³-hybridized carbons (Fsp3) is 0.214. The molecule has 1 aromatic carbocycles. The van der Waals surface area contributed by atoms with Gasteiger partial charge in [0.25, 0.3) is 0 Å². The molecule has 0 saturated carbocycles. The predicted octanol–water partition coefficient (Wildman–Crippen LogP) is 2.05. The van der Waals surface area contributed by atoms with E-state index in [9.17, 15) is 9.59 Å². The lowest BCUT2D eigenvalue weighted by molar-refractivity contribution is -0.133. The Labute approximate surface area is 131 Å². The number of hydrogen-bond donors (Lipinski definition) is 2. The van der Waals surface area contributed by atoms with Crippen molar-refractivity contribution in [2.45, 2.75) is 6.92 Å². The Morgan fingerprint density at radius 2 is 1.86 bits per heavy atom. The van der Waals surface area contributed by atoms with E-state index < -0.39 is 11.8 Å². The van der Waals surface area contributed by atoms with Crippen LogP contribution in [0.25, 0.3) is 0 Å². The number of methoxy groups -OCH3 is 2. The molecule has 7 nitrogen and oxygen atoms in total. The maximum absolute atomic E-state index is 11.9. The van der Waals surface area contributed by atoms with Gasteiger partial charge in [-0.3, -0.25) is 14.9 Å². The number of aryl methyl sites for hydroxylation is 1. The van der Waals surface area contributed by atoms with Gasteiger partial charge in [-0.1, -0.05) is 0 Å². The summed E-state index contributed by atoms with van der Waals surface area (Å²) in [6.07, 6.45) is 0. The first-order valence-corrected chi connectivity index (χ1v) is 7.18. The molecule has 0 spiro atoms. The second-order valence-corrected chi connectivity index (χ2v) is 5.13. The molecule has 0 aliphatic carbocycles. The van der Waals surface area contributed by atoms with Crippen molar-refractivity contribution in [3.05, 3.63) is 29.3 Å². The summed E-state index contributed by atoms with van der Waals surface area (Å²) < 4.78 is 10.2. The van der Waals surface area contributed by atoms with Crippen LogP contribution in [0, 0.1) is 6.92 Å². The second kappa shape index (κ2) is 6.90. The fourth-order valence-corrected chi connectivity index (χ4v) is 2.33. The molecule has 1 aromatic heterocycles. The molecule has 0 atom stereocenters. The van der Waals surface area contributed by atoms with Crippen LogP contribution in [-0.4, -0.2) is 31.0 Å². The molecule has 0 aliphatic rings. The first kappa shape index (κ1) is 15.8. The number of nitrogens with one attached hydrogen (secondary N) is 2. The molecule has 116 valence electrons. The average Bonchev–Trinajstić information content (AvgIpc) is 2.92. The summed E-state index contributed by atoms with van der Waals surface area (Å²) in [6.45, 7) is 1.80. The number of ether oxygens (including phenoxy) is 2. The molecule has 0 saturated heterocycles. The lowest BCUT2D eigenvalue weighted by Crippen LogP contribution is -2.29. The second-order valence-electron chi connectivity index (χ2n) is 4.27. The Bertz CT molecular complexity index is 699. The SMILES string of the molecule is COc1ccc(NC(=O)C(=O)Nc2nc(C)cs2)c(OC)c1. The Hall–Kier alpha value is -2.61. The largest absolute Gasteiger partial charge is 0.497 e. The van der Waals surface area contributed by atoms with Gasteiger partial charge < -0.3 is 14.8 Å². The Morgan fingerprint density at radius 1 is 1.14 bits per heavy atom. The molecule has 0 radical (unpaired) electrons. The normalized spacial score (nSPS) is 9.95. The number of nitrogens with zero attached hydrogens (tertiary/aromatic N) is 1. The van der Waals surface area contributed by atoms with Crippen LogP contribution in [0.4, 0.5) is 10.8 Å². The van der Waals surface area contributed by atoms with Crippen LogP contribution in [0.1, 0.15) is 5.69 Å². The smallest absolute Gasteiger partial charge is 0.315 e. The standard InChI is InChI=1S/C14H15N3O4S/c1-8-7-22-14(15-8)17-13(19)12(18)16-10-5-4-9(20-2)6-11(10)21-3/h4-7H,1-3H3,(H,16,18)(H,15,17,19). The Balaban J connectivity index is 2.06. The number of thiazole rings is 1. The van der Waals surface area contributed by atoms with Crippen molar-refractivity contribution >= 4 is 34.0 Å². The Morgan fingerprint density at radius 3 is 2.45 bits per heavy atom. The summed E-state index contributed by atoms with van der Waals surface area (Å²) in [5.41, 5.74) is 1.15. The minimum absolute atomic E-state index is 0.374. The summed E-state index contributed by atoms with van der Waals surface area (Å²) >= 11 is 1.25. The van der Waals surface area contributed by atoms with E-state index in [0.29, 0.717) is 22.3 Å². The van der Waals surface area contributed by atoms with Gasteiger partial charge in [0.05, 0.1) is 25.6 Å². The monoisotopic (exact) mass is 321 g/mol. The van der Waals surface area contributed by atoms with E-state index in [1.807, 2.05) is 0 Å². The highest BCUT2D eigenvalue weighted by atomic mass is 32.1. The van der Waals surface area contributed by atoms with Crippen LogP contribution in [0.3, 0.4) is 0 Å². The number of carbonyl (C=O) groups is 2. The average molecular weight is 321 g/mol. The van der Waals surface area contributed by atoms with Crippen LogP contribution < -0.4 is 20.1 Å². The first-order valence-electron chi connectivity index (χ1n) is 6.30. The molecule has 22 heavy (non-hydrogen) atoms. The molecule has 2 N–H and O–H groups in total. The van der Waals surface area contributed by atoms with Gasteiger partial charge >= 0.3 is 11.8 Å². The van der Waals surface area contributed by atoms with Crippen LogP contribution in [0.2, 0.25) is 0 Å². The van der Waals surface area contributed by atoms with E-state index in [-0.39, 0.29) is 0 Å². The zero-order valence-corrected chi connectivity index (χ0v) is 13.1. The number of benzene rings is 1. The van der Waals surface area contributed by atoms with Gasteiger partial charge in [0.15, 0.2) is 5.13 Å². The molecular weight excluding hydrogens is 306 g/mol. The third-order valence-corrected chi connectivity index (χ3v) is 3.58. The minimum atomic E-state index is -0.809. The van der Waals surface area contributed by atoms with Crippen molar-refractivity contribution in [1.29, 1.82) is 0 Å². The van der Waals surface area contributed by atoms with Gasteiger partial charge in [0.1, 0.15) is 11.5 Å². The van der Waals surface area contributed by atoms with Crippen LogP contribution in [0.5, 0.6) is 11.5 Å². The Kier molecular flexibility index (Phi) is 4.95. The summed E-state index contributed by atoms with van der Waals surface area (Å²) in [6, 6.07) is 4.86. The van der Waals surface area contributed by atoms with E-state index in [0.717, 1.165) is 5.69 Å². The molecule has 1 heterocycles. The van der Waals surface area contributed by atoms with Crippen molar-refractivity contribution in [3.63, 3.8) is 0 Å². The van der Waals surface area contributed by atoms with Gasteiger partial charge in [0.2, 0.25) is 0 Å². The zero-order chi connectivity index (χ0) is 16.1. The highest BCUT2D eigenvalue weighted by molar-refractivity contribution is 7.14. The third kappa shape index (κ3) is 3.73. The highest BCUT2D eigenvalue weighted by Gasteiger charge is 2.17. The number of carbonyl (C=O) groups excluding carboxylic acids is 2. The van der Waals surface area contributed by atoms with Gasteiger partial charge in [-0.25, -0.2) is 4.98 Å². The summed E-state index contributed by atoms with van der Waals surface area (Å²) in [5, 5.41) is 7.07. The molecular formula is C14H15N3O4S. The molecule has 8 heteroatoms. The quantitative estimate of drug-likeness (QED) is 0.841. The lowest BCUT2D eigenvalue weighted by atomic mass is 10.2. The number of hydrogen-bond acceptors (Lipinski definition) is 6. The van der Waals surface area contributed by atoms with Gasteiger partial charge in [-0.2, -0.15) is 0 Å². The van der Waals surface area contributed by atoms with Crippen molar-refractivity contribution in [2.75, 3.05) is 24.9 Å². The van der Waals surface area contributed by atoms with E-state index in [1.165, 1.54) is 25.6 Å². The molecule has 2 amide bonds. The fourth-order valence-electron chi connectivity index (χ4n) is 1.65. The maximum Gasteiger partial charge on any atom is 0.315 e. The summed E-state index contributed by atoms with van der Waals surface area (Å²) in [4.78, 5) is 27.8. The van der Waals surface area contributed by atoms with Gasteiger partial charge in [-0.15, -0.1) is 11.3 Å². The highest BCUT2D eigenvalue weighted by Crippen LogP contribution is 2.29. The van der Waals surface area contributed by atoms with Crippen molar-refractivity contribution in [2.24, 2.45) is 0 Å². The maximum atomic E-state index is 11.9. The summed E-state index contributed by atoms with van der Waals surface area (Å²) in [7, 11) is 2.99. The number of anilines is 2. The molecule has 0 aliphatic heterocycles. The molecule has 2 rings (SSSR count). The van der Waals surface area contributed by atoms with Crippen molar-refractivity contribution in [3.8, 4) is 11.5 Å². The minimum Gasteiger partial charge on any atom is -0.497 e. The van der Waals surface area contributed by atoms with Crippen molar-refractivity contribution < 1.29 is 19.1 Å². The molecule has 2 aromatic rings. The van der Waals surface area contributed by atoms with Crippen molar-refractivity contribution in [1.82, 2.24) is 4.98 Å². The van der Waals surface area contributed by atoms with E-state index in [4.69, 9.17) is 9.47 Å². The molecule has 0 bridgehead atoms. The van der Waals surface area contributed by atoms with E-state index in [1.54, 1.807) is 30.5 Å². The number of rotatable bonds is 4.